The van der Waals surface area contributed by atoms with Crippen molar-refractivity contribution in [2.24, 2.45) is 0 Å². The Balaban J connectivity index is 1.61. The Hall–Kier alpha value is -2.80. The molecule has 0 aromatic heterocycles. The van der Waals surface area contributed by atoms with Gasteiger partial charge in [-0.25, -0.2) is 4.79 Å². The van der Waals surface area contributed by atoms with E-state index in [4.69, 9.17) is 0 Å². The lowest BCUT2D eigenvalue weighted by Gasteiger charge is -2.23. The molecule has 2 aromatic carbocycles. The van der Waals surface area contributed by atoms with Crippen molar-refractivity contribution in [2.75, 3.05) is 17.7 Å². The zero-order valence-electron chi connectivity index (χ0n) is 13.4. The molecular formula is C18H16N2O4S. The number of para-hydroxylation sites is 1. The van der Waals surface area contributed by atoms with E-state index < -0.39 is 11.2 Å². The van der Waals surface area contributed by atoms with Gasteiger partial charge in [-0.1, -0.05) is 12.1 Å². The lowest BCUT2D eigenvalue weighted by molar-refractivity contribution is -0.120. The minimum absolute atomic E-state index is 0.0591. The van der Waals surface area contributed by atoms with Crippen LogP contribution < -0.4 is 10.6 Å². The van der Waals surface area contributed by atoms with Crippen LogP contribution in [0.5, 0.6) is 0 Å². The third-order valence-electron chi connectivity index (χ3n) is 3.67. The van der Waals surface area contributed by atoms with Crippen LogP contribution in [-0.4, -0.2) is 30.1 Å². The van der Waals surface area contributed by atoms with Crippen LogP contribution in [-0.2, 0) is 14.3 Å². The second kappa shape index (κ2) is 7.40. The van der Waals surface area contributed by atoms with E-state index in [1.54, 1.807) is 24.3 Å². The number of ether oxygens (including phenoxy) is 1. The average molecular weight is 356 g/mol. The molecule has 7 heteroatoms. The fourth-order valence-electron chi connectivity index (χ4n) is 2.41. The quantitative estimate of drug-likeness (QED) is 0.823. The summed E-state index contributed by atoms with van der Waals surface area (Å²) in [7, 11) is 1.31. The van der Waals surface area contributed by atoms with E-state index in [-0.39, 0.29) is 18.2 Å². The van der Waals surface area contributed by atoms with Gasteiger partial charge in [0.05, 0.1) is 23.6 Å². The number of thioether (sulfide) groups is 1. The van der Waals surface area contributed by atoms with Crippen molar-refractivity contribution in [1.82, 2.24) is 0 Å². The van der Waals surface area contributed by atoms with Gasteiger partial charge in [0, 0.05) is 17.0 Å². The van der Waals surface area contributed by atoms with E-state index in [0.717, 1.165) is 10.6 Å². The maximum Gasteiger partial charge on any atom is 0.337 e. The number of amides is 2. The Bertz CT molecular complexity index is 820. The summed E-state index contributed by atoms with van der Waals surface area (Å²) < 4.78 is 4.62. The van der Waals surface area contributed by atoms with E-state index >= 15 is 0 Å². The van der Waals surface area contributed by atoms with Gasteiger partial charge >= 0.3 is 5.97 Å². The summed E-state index contributed by atoms with van der Waals surface area (Å²) in [4.78, 5) is 36.7. The molecule has 0 saturated carbocycles. The zero-order valence-corrected chi connectivity index (χ0v) is 14.3. The van der Waals surface area contributed by atoms with Crippen molar-refractivity contribution < 1.29 is 19.1 Å². The zero-order chi connectivity index (χ0) is 17.8. The molecule has 1 atom stereocenters. The summed E-state index contributed by atoms with van der Waals surface area (Å²) in [6, 6.07) is 13.9. The van der Waals surface area contributed by atoms with Gasteiger partial charge in [-0.3, -0.25) is 9.59 Å². The van der Waals surface area contributed by atoms with E-state index in [2.05, 4.69) is 15.4 Å². The number of rotatable bonds is 4. The Morgan fingerprint density at radius 3 is 2.60 bits per heavy atom. The highest BCUT2D eigenvalue weighted by molar-refractivity contribution is 8.01. The fraction of sp³-hybridized carbons (Fsp3) is 0.167. The number of nitrogens with one attached hydrogen (secondary N) is 2. The van der Waals surface area contributed by atoms with E-state index in [9.17, 15) is 14.4 Å². The lowest BCUT2D eigenvalue weighted by Crippen LogP contribution is -2.32. The number of carbonyl (C=O) groups excluding carboxylic acids is 3. The average Bonchev–Trinajstić information content (AvgIpc) is 2.62. The Morgan fingerprint density at radius 2 is 1.88 bits per heavy atom. The first-order chi connectivity index (χ1) is 12.1. The summed E-state index contributed by atoms with van der Waals surface area (Å²) in [5.74, 6) is -0.885. The number of esters is 1. The molecule has 0 fully saturated rings. The molecule has 0 aliphatic carbocycles. The van der Waals surface area contributed by atoms with Crippen molar-refractivity contribution in [2.45, 2.75) is 16.6 Å². The van der Waals surface area contributed by atoms with Crippen molar-refractivity contribution in [3.05, 3.63) is 54.1 Å². The number of anilines is 2. The SMILES string of the molecule is COC(=O)c1ccc(NC(=O)C[C@@H]2Sc3ccccc3NC2=O)cc1. The van der Waals surface area contributed by atoms with Crippen molar-refractivity contribution >= 4 is 40.9 Å². The molecule has 128 valence electrons. The first kappa shape index (κ1) is 17.0. The molecule has 0 bridgehead atoms. The molecule has 1 aliphatic rings. The van der Waals surface area contributed by atoms with Crippen LogP contribution in [0.4, 0.5) is 11.4 Å². The van der Waals surface area contributed by atoms with Crippen LogP contribution in [0.25, 0.3) is 0 Å². The van der Waals surface area contributed by atoms with Gasteiger partial charge in [0.25, 0.3) is 0 Å². The fourth-order valence-corrected chi connectivity index (χ4v) is 3.53. The van der Waals surface area contributed by atoms with Crippen LogP contribution >= 0.6 is 11.8 Å². The first-order valence-corrected chi connectivity index (χ1v) is 8.49. The second-order valence-corrected chi connectivity index (χ2v) is 6.66. The lowest BCUT2D eigenvalue weighted by atomic mass is 10.2. The van der Waals surface area contributed by atoms with Crippen LogP contribution in [0.3, 0.4) is 0 Å². The molecule has 0 spiro atoms. The topological polar surface area (TPSA) is 84.5 Å². The largest absolute Gasteiger partial charge is 0.465 e. The summed E-state index contributed by atoms with van der Waals surface area (Å²) >= 11 is 1.38. The standard InChI is InChI=1S/C18H16N2O4S/c1-24-18(23)11-6-8-12(9-7-11)19-16(21)10-15-17(22)20-13-4-2-3-5-14(13)25-15/h2-9,15H,10H2,1H3,(H,19,21)(H,20,22)/t15-/m0/s1. The van der Waals surface area contributed by atoms with E-state index in [1.807, 2.05) is 24.3 Å². The van der Waals surface area contributed by atoms with Gasteiger partial charge in [0.15, 0.2) is 0 Å². The number of hydrogen-bond donors (Lipinski definition) is 2. The summed E-state index contributed by atoms with van der Waals surface area (Å²) in [5, 5.41) is 5.07. The highest BCUT2D eigenvalue weighted by atomic mass is 32.2. The van der Waals surface area contributed by atoms with Gasteiger partial charge in [0.1, 0.15) is 0 Å². The number of benzene rings is 2. The smallest absolute Gasteiger partial charge is 0.337 e. The minimum atomic E-state index is -0.482. The molecule has 0 radical (unpaired) electrons. The van der Waals surface area contributed by atoms with Gasteiger partial charge in [-0.05, 0) is 36.4 Å². The van der Waals surface area contributed by atoms with Gasteiger partial charge in [-0.2, -0.15) is 0 Å². The molecule has 1 heterocycles. The molecule has 3 rings (SSSR count). The van der Waals surface area contributed by atoms with Crippen molar-refractivity contribution in [1.29, 1.82) is 0 Å². The molecule has 2 aromatic rings. The van der Waals surface area contributed by atoms with Gasteiger partial charge in [0.2, 0.25) is 11.8 Å². The van der Waals surface area contributed by atoms with Crippen LogP contribution in [0.1, 0.15) is 16.8 Å². The summed E-state index contributed by atoms with van der Waals surface area (Å²) in [6.07, 6.45) is 0.0591. The maximum atomic E-state index is 12.2. The molecule has 2 amide bonds. The molecule has 2 N–H and O–H groups in total. The molecule has 6 nitrogen and oxygen atoms in total. The predicted octanol–water partition coefficient (Wildman–Crippen LogP) is 2.91. The van der Waals surface area contributed by atoms with Gasteiger partial charge < -0.3 is 15.4 Å². The number of carbonyl (C=O) groups is 3. The van der Waals surface area contributed by atoms with Gasteiger partial charge in [-0.15, -0.1) is 11.8 Å². The normalized spacial score (nSPS) is 15.7. The van der Waals surface area contributed by atoms with Crippen LogP contribution in [0.15, 0.2) is 53.4 Å². The first-order valence-electron chi connectivity index (χ1n) is 7.61. The Kier molecular flexibility index (Phi) is 5.04. The minimum Gasteiger partial charge on any atom is -0.465 e. The number of hydrogen-bond acceptors (Lipinski definition) is 5. The van der Waals surface area contributed by atoms with Crippen molar-refractivity contribution in [3.63, 3.8) is 0 Å². The molecule has 0 unspecified atom stereocenters. The summed E-state index contributed by atoms with van der Waals surface area (Å²) in [6.45, 7) is 0. The highest BCUT2D eigenvalue weighted by Gasteiger charge is 2.28. The monoisotopic (exact) mass is 356 g/mol. The second-order valence-electron chi connectivity index (χ2n) is 5.41. The highest BCUT2D eigenvalue weighted by Crippen LogP contribution is 2.36. The molecular weight excluding hydrogens is 340 g/mol. The molecule has 0 saturated heterocycles. The summed E-state index contributed by atoms with van der Waals surface area (Å²) in [5.41, 5.74) is 1.73. The van der Waals surface area contributed by atoms with Crippen molar-refractivity contribution in [3.8, 4) is 0 Å². The molecule has 25 heavy (non-hydrogen) atoms. The number of methoxy groups -OCH3 is 1. The van der Waals surface area contributed by atoms with E-state index in [0.29, 0.717) is 11.3 Å². The third kappa shape index (κ3) is 4.00. The predicted molar refractivity (Wildman–Crippen MR) is 95.7 cm³/mol. The Morgan fingerprint density at radius 1 is 1.16 bits per heavy atom. The van der Waals surface area contributed by atoms with Crippen LogP contribution in [0, 0.1) is 0 Å². The van der Waals surface area contributed by atoms with Crippen LogP contribution in [0.2, 0.25) is 0 Å². The Labute approximate surface area is 148 Å². The molecule has 1 aliphatic heterocycles. The maximum absolute atomic E-state index is 12.2. The number of fused-ring (bicyclic) bond motifs is 1. The third-order valence-corrected chi connectivity index (χ3v) is 4.94. The van der Waals surface area contributed by atoms with E-state index in [1.165, 1.54) is 18.9 Å².